The van der Waals surface area contributed by atoms with Gasteiger partial charge in [0.25, 0.3) is 0 Å². The van der Waals surface area contributed by atoms with Crippen LogP contribution >= 0.6 is 23.4 Å². The quantitative estimate of drug-likeness (QED) is 0.670. The molecular formula is C14H18ClN3S. The van der Waals surface area contributed by atoms with Crippen LogP contribution in [0.1, 0.15) is 25.2 Å². The summed E-state index contributed by atoms with van der Waals surface area (Å²) >= 11 is 7.62. The van der Waals surface area contributed by atoms with Gasteiger partial charge in [0.05, 0.1) is 5.69 Å². The summed E-state index contributed by atoms with van der Waals surface area (Å²) in [6, 6.07) is 7.80. The highest BCUT2D eigenvalue weighted by Gasteiger charge is 2.07. The Kier molecular flexibility index (Phi) is 4.77. The Hall–Kier alpha value is -1.13. The van der Waals surface area contributed by atoms with Gasteiger partial charge in [0, 0.05) is 33.6 Å². The molecule has 1 heterocycles. The summed E-state index contributed by atoms with van der Waals surface area (Å²) in [4.78, 5) is 1.06. The van der Waals surface area contributed by atoms with Crippen LogP contribution in [0.15, 0.2) is 29.2 Å². The minimum atomic E-state index is 0.675. The second-order valence-electron chi connectivity index (χ2n) is 4.27. The molecule has 0 aliphatic carbocycles. The SMILES string of the molecule is CCc1cc(CSc2ccc(Cl)cc2N)n(CC)n1. The van der Waals surface area contributed by atoms with Gasteiger partial charge in [-0.2, -0.15) is 5.10 Å². The van der Waals surface area contributed by atoms with Gasteiger partial charge >= 0.3 is 0 Å². The number of nitrogens with two attached hydrogens (primary N) is 1. The lowest BCUT2D eigenvalue weighted by Crippen LogP contribution is -2.01. The molecule has 0 bridgehead atoms. The van der Waals surface area contributed by atoms with E-state index in [1.54, 1.807) is 17.8 Å². The van der Waals surface area contributed by atoms with E-state index in [2.05, 4.69) is 29.7 Å². The third kappa shape index (κ3) is 3.45. The molecule has 0 aliphatic rings. The molecule has 0 saturated heterocycles. The normalized spacial score (nSPS) is 10.9. The van der Waals surface area contributed by atoms with Crippen molar-refractivity contribution in [3.8, 4) is 0 Å². The molecule has 0 atom stereocenters. The molecule has 1 aromatic heterocycles. The van der Waals surface area contributed by atoms with Crippen molar-refractivity contribution in [3.05, 3.63) is 40.7 Å². The topological polar surface area (TPSA) is 43.8 Å². The van der Waals surface area contributed by atoms with Gasteiger partial charge in [-0.15, -0.1) is 11.8 Å². The van der Waals surface area contributed by atoms with E-state index in [4.69, 9.17) is 17.3 Å². The zero-order valence-electron chi connectivity index (χ0n) is 11.2. The third-order valence-electron chi connectivity index (χ3n) is 2.92. The summed E-state index contributed by atoms with van der Waals surface area (Å²) in [7, 11) is 0. The van der Waals surface area contributed by atoms with Gasteiger partial charge in [-0.1, -0.05) is 18.5 Å². The number of halogens is 1. The molecule has 0 spiro atoms. The molecule has 2 rings (SSSR count). The lowest BCUT2D eigenvalue weighted by atomic mass is 10.3. The number of nitrogens with zero attached hydrogens (tertiary/aromatic N) is 2. The molecule has 0 aliphatic heterocycles. The Morgan fingerprint density at radius 1 is 1.32 bits per heavy atom. The van der Waals surface area contributed by atoms with Crippen LogP contribution in [-0.2, 0) is 18.7 Å². The monoisotopic (exact) mass is 295 g/mol. The van der Waals surface area contributed by atoms with Crippen molar-refractivity contribution in [2.24, 2.45) is 0 Å². The summed E-state index contributed by atoms with van der Waals surface area (Å²) in [6.07, 6.45) is 0.966. The first-order valence-corrected chi connectivity index (χ1v) is 7.73. The first-order chi connectivity index (χ1) is 9.13. The highest BCUT2D eigenvalue weighted by Crippen LogP contribution is 2.30. The predicted octanol–water partition coefficient (Wildman–Crippen LogP) is 3.99. The van der Waals surface area contributed by atoms with Crippen molar-refractivity contribution < 1.29 is 0 Å². The Morgan fingerprint density at radius 3 is 2.74 bits per heavy atom. The van der Waals surface area contributed by atoms with Gasteiger partial charge in [0.2, 0.25) is 0 Å². The van der Waals surface area contributed by atoms with Gasteiger partial charge in [-0.05, 0) is 37.6 Å². The van der Waals surface area contributed by atoms with Crippen LogP contribution in [0, 0.1) is 0 Å². The standard InChI is InChI=1S/C14H18ClN3S/c1-3-11-8-12(18(4-2)17-11)9-19-14-6-5-10(15)7-13(14)16/h5-8H,3-4,9,16H2,1-2H3. The Labute approximate surface area is 123 Å². The molecule has 102 valence electrons. The van der Waals surface area contributed by atoms with Gasteiger partial charge < -0.3 is 5.73 Å². The van der Waals surface area contributed by atoms with Gasteiger partial charge in [-0.3, -0.25) is 4.68 Å². The van der Waals surface area contributed by atoms with Crippen LogP contribution in [-0.4, -0.2) is 9.78 Å². The molecule has 2 aromatic rings. The van der Waals surface area contributed by atoms with E-state index >= 15 is 0 Å². The number of rotatable bonds is 5. The largest absolute Gasteiger partial charge is 0.398 e. The highest BCUT2D eigenvalue weighted by molar-refractivity contribution is 7.98. The maximum atomic E-state index is 5.96. The number of anilines is 1. The smallest absolute Gasteiger partial charge is 0.0625 e. The van der Waals surface area contributed by atoms with Crippen molar-refractivity contribution in [2.75, 3.05) is 5.73 Å². The fraction of sp³-hybridized carbons (Fsp3) is 0.357. The number of thioether (sulfide) groups is 1. The van der Waals surface area contributed by atoms with Crippen molar-refractivity contribution in [1.82, 2.24) is 9.78 Å². The van der Waals surface area contributed by atoms with E-state index in [-0.39, 0.29) is 0 Å². The van der Waals surface area contributed by atoms with Crippen molar-refractivity contribution in [3.63, 3.8) is 0 Å². The molecule has 1 aromatic carbocycles. The number of hydrogen-bond donors (Lipinski definition) is 1. The Morgan fingerprint density at radius 2 is 2.11 bits per heavy atom. The number of hydrogen-bond acceptors (Lipinski definition) is 3. The lowest BCUT2D eigenvalue weighted by Gasteiger charge is -2.07. The van der Waals surface area contributed by atoms with Crippen molar-refractivity contribution in [2.45, 2.75) is 37.5 Å². The molecule has 3 nitrogen and oxygen atoms in total. The second-order valence-corrected chi connectivity index (χ2v) is 5.72. The molecule has 0 unspecified atom stereocenters. The number of benzene rings is 1. The minimum Gasteiger partial charge on any atom is -0.398 e. The average molecular weight is 296 g/mol. The second kappa shape index (κ2) is 6.35. The van der Waals surface area contributed by atoms with Crippen LogP contribution in [0.25, 0.3) is 0 Å². The number of aromatic nitrogens is 2. The Balaban J connectivity index is 2.11. The summed E-state index contributed by atoms with van der Waals surface area (Å²) < 4.78 is 2.05. The third-order valence-corrected chi connectivity index (χ3v) is 4.28. The number of nitrogen functional groups attached to an aromatic ring is 1. The zero-order chi connectivity index (χ0) is 13.8. The van der Waals surface area contributed by atoms with Crippen molar-refractivity contribution in [1.29, 1.82) is 0 Å². The van der Waals surface area contributed by atoms with Gasteiger partial charge in [-0.25, -0.2) is 0 Å². The van der Waals surface area contributed by atoms with Crippen LogP contribution < -0.4 is 5.73 Å². The fourth-order valence-electron chi connectivity index (χ4n) is 1.88. The summed E-state index contributed by atoms with van der Waals surface area (Å²) in [6.45, 7) is 5.12. The van der Waals surface area contributed by atoms with E-state index in [0.717, 1.165) is 35.0 Å². The lowest BCUT2D eigenvalue weighted by molar-refractivity contribution is 0.628. The summed E-state index contributed by atoms with van der Waals surface area (Å²) in [5, 5.41) is 5.22. The molecule has 0 fully saturated rings. The fourth-order valence-corrected chi connectivity index (χ4v) is 2.99. The first-order valence-electron chi connectivity index (χ1n) is 6.37. The van der Waals surface area contributed by atoms with Crippen LogP contribution in [0.5, 0.6) is 0 Å². The zero-order valence-corrected chi connectivity index (χ0v) is 12.8. The highest BCUT2D eigenvalue weighted by atomic mass is 35.5. The van der Waals surface area contributed by atoms with Crippen molar-refractivity contribution >= 4 is 29.1 Å². The molecule has 0 saturated carbocycles. The number of aryl methyl sites for hydroxylation is 2. The molecule has 2 N–H and O–H groups in total. The van der Waals surface area contributed by atoms with E-state index in [9.17, 15) is 0 Å². The van der Waals surface area contributed by atoms with E-state index in [1.807, 2.05) is 12.1 Å². The average Bonchev–Trinajstić information content (AvgIpc) is 2.80. The van der Waals surface area contributed by atoms with Crippen LogP contribution in [0.3, 0.4) is 0 Å². The molecule has 0 amide bonds. The first kappa shape index (κ1) is 14.3. The van der Waals surface area contributed by atoms with E-state index in [0.29, 0.717) is 5.02 Å². The van der Waals surface area contributed by atoms with E-state index < -0.39 is 0 Å². The molecule has 0 radical (unpaired) electrons. The molecule has 5 heteroatoms. The van der Waals surface area contributed by atoms with Gasteiger partial charge in [0.1, 0.15) is 0 Å². The molecular weight excluding hydrogens is 278 g/mol. The van der Waals surface area contributed by atoms with Gasteiger partial charge in [0.15, 0.2) is 0 Å². The van der Waals surface area contributed by atoms with Crippen LogP contribution in [0.2, 0.25) is 5.02 Å². The maximum Gasteiger partial charge on any atom is 0.0625 e. The summed E-state index contributed by atoms with van der Waals surface area (Å²) in [5.41, 5.74) is 9.07. The van der Waals surface area contributed by atoms with E-state index in [1.165, 1.54) is 5.69 Å². The predicted molar refractivity (Wildman–Crippen MR) is 82.7 cm³/mol. The summed E-state index contributed by atoms with van der Waals surface area (Å²) in [5.74, 6) is 0.868. The minimum absolute atomic E-state index is 0.675. The van der Waals surface area contributed by atoms with Crippen LogP contribution in [0.4, 0.5) is 5.69 Å². The Bertz CT molecular complexity index is 566. The maximum absolute atomic E-state index is 5.96. The molecule has 19 heavy (non-hydrogen) atoms.